The van der Waals surface area contributed by atoms with Crippen LogP contribution in [0.4, 0.5) is 5.69 Å². The quantitative estimate of drug-likeness (QED) is 0.516. The number of anilines is 1. The van der Waals surface area contributed by atoms with E-state index in [0.717, 1.165) is 17.4 Å². The monoisotopic (exact) mass is 493 g/mol. The zero-order valence-electron chi connectivity index (χ0n) is 19.5. The zero-order valence-corrected chi connectivity index (χ0v) is 21.1. The molecule has 0 aliphatic rings. The third-order valence-electron chi connectivity index (χ3n) is 5.32. The first-order chi connectivity index (χ1) is 15.6. The van der Waals surface area contributed by atoms with Crippen LogP contribution in [0.3, 0.4) is 0 Å². The Morgan fingerprint density at radius 2 is 1.82 bits per heavy atom. The number of benzene rings is 2. The fourth-order valence-corrected chi connectivity index (χ4v) is 4.87. The lowest BCUT2D eigenvalue weighted by Gasteiger charge is -2.31. The lowest BCUT2D eigenvalue weighted by atomic mass is 10.1. The number of carbonyl (C=O) groups excluding carboxylic acids is 2. The summed E-state index contributed by atoms with van der Waals surface area (Å²) in [6, 6.07) is 13.8. The molecule has 1 N–H and O–H groups in total. The molecule has 0 saturated heterocycles. The van der Waals surface area contributed by atoms with Crippen LogP contribution < -0.4 is 9.62 Å². The number of nitrogens with one attached hydrogen (secondary N) is 1. The van der Waals surface area contributed by atoms with Crippen molar-refractivity contribution in [2.75, 3.05) is 24.2 Å². The molecule has 33 heavy (non-hydrogen) atoms. The first-order valence-corrected chi connectivity index (χ1v) is 13.1. The third kappa shape index (κ3) is 7.75. The summed E-state index contributed by atoms with van der Waals surface area (Å²) in [4.78, 5) is 27.3. The van der Waals surface area contributed by atoms with Crippen molar-refractivity contribution in [1.82, 2.24) is 10.2 Å². The van der Waals surface area contributed by atoms with Crippen LogP contribution >= 0.6 is 11.6 Å². The second-order valence-corrected chi connectivity index (χ2v) is 10.3. The molecule has 0 radical (unpaired) electrons. The maximum Gasteiger partial charge on any atom is 0.242 e. The fraction of sp³-hybridized carbons (Fsp3) is 0.417. The number of amides is 2. The Morgan fingerprint density at radius 3 is 2.39 bits per heavy atom. The third-order valence-corrected chi connectivity index (χ3v) is 6.75. The summed E-state index contributed by atoms with van der Waals surface area (Å²) in [7, 11) is -2.01. The zero-order chi connectivity index (χ0) is 24.6. The minimum absolute atomic E-state index is 0.103. The van der Waals surface area contributed by atoms with E-state index in [1.807, 2.05) is 38.1 Å². The van der Waals surface area contributed by atoms with Gasteiger partial charge in [-0.25, -0.2) is 8.42 Å². The molecule has 0 spiro atoms. The van der Waals surface area contributed by atoms with Crippen LogP contribution in [0.1, 0.15) is 37.3 Å². The van der Waals surface area contributed by atoms with Gasteiger partial charge in [-0.05, 0) is 43.5 Å². The number of carbonyl (C=O) groups is 2. The van der Waals surface area contributed by atoms with E-state index in [0.29, 0.717) is 30.1 Å². The first kappa shape index (κ1) is 26.7. The van der Waals surface area contributed by atoms with Gasteiger partial charge >= 0.3 is 0 Å². The smallest absolute Gasteiger partial charge is 0.242 e. The Morgan fingerprint density at radius 1 is 1.12 bits per heavy atom. The van der Waals surface area contributed by atoms with Crippen molar-refractivity contribution < 1.29 is 18.0 Å². The van der Waals surface area contributed by atoms with Gasteiger partial charge in [0.25, 0.3) is 0 Å². The number of hydrogen-bond donors (Lipinski definition) is 1. The topological polar surface area (TPSA) is 86.8 Å². The molecule has 2 amide bonds. The van der Waals surface area contributed by atoms with Crippen molar-refractivity contribution in [1.29, 1.82) is 0 Å². The summed E-state index contributed by atoms with van der Waals surface area (Å²) in [5.74, 6) is -0.429. The van der Waals surface area contributed by atoms with E-state index in [-0.39, 0.29) is 24.8 Å². The normalized spacial score (nSPS) is 12.2. The van der Waals surface area contributed by atoms with Crippen LogP contribution in [-0.4, -0.2) is 51.0 Å². The predicted octanol–water partition coefficient (Wildman–Crippen LogP) is 3.75. The number of halogens is 1. The minimum atomic E-state index is -3.56. The molecule has 2 rings (SSSR count). The van der Waals surface area contributed by atoms with Gasteiger partial charge in [0, 0.05) is 31.6 Å². The molecule has 0 heterocycles. The molecular formula is C24H32ClN3O4S. The summed E-state index contributed by atoms with van der Waals surface area (Å²) in [5, 5.41) is 3.07. The van der Waals surface area contributed by atoms with Gasteiger partial charge in [0.15, 0.2) is 0 Å². The minimum Gasteiger partial charge on any atom is -0.357 e. The maximum absolute atomic E-state index is 13.2. The van der Waals surface area contributed by atoms with Crippen molar-refractivity contribution in [3.8, 4) is 0 Å². The molecule has 7 nitrogen and oxygen atoms in total. The van der Waals surface area contributed by atoms with Gasteiger partial charge < -0.3 is 10.2 Å². The van der Waals surface area contributed by atoms with E-state index >= 15 is 0 Å². The molecule has 180 valence electrons. The summed E-state index contributed by atoms with van der Waals surface area (Å²) >= 11 is 6.03. The van der Waals surface area contributed by atoms with Gasteiger partial charge in [-0.2, -0.15) is 0 Å². The molecule has 1 atom stereocenters. The van der Waals surface area contributed by atoms with E-state index in [1.54, 1.807) is 36.2 Å². The average molecular weight is 494 g/mol. The Kier molecular flexibility index (Phi) is 9.73. The van der Waals surface area contributed by atoms with E-state index in [1.165, 1.54) is 4.31 Å². The van der Waals surface area contributed by atoms with Crippen LogP contribution in [0.15, 0.2) is 48.5 Å². The van der Waals surface area contributed by atoms with Crippen LogP contribution in [-0.2, 0) is 26.2 Å². The number of likely N-dealkylation sites (N-methyl/N-ethyl adjacent to an activating group) is 1. The van der Waals surface area contributed by atoms with Crippen LogP contribution in [0.25, 0.3) is 0 Å². The number of sulfonamides is 1. The van der Waals surface area contributed by atoms with Crippen molar-refractivity contribution >= 4 is 39.1 Å². The van der Waals surface area contributed by atoms with Gasteiger partial charge in [-0.1, -0.05) is 54.4 Å². The van der Waals surface area contributed by atoms with Gasteiger partial charge in [0.1, 0.15) is 6.04 Å². The Bertz CT molecular complexity index is 1070. The number of nitrogens with zero attached hydrogens (tertiary/aromatic N) is 2. The summed E-state index contributed by atoms with van der Waals surface area (Å²) in [5.41, 5.74) is 2.45. The molecule has 0 aromatic heterocycles. The molecule has 0 bridgehead atoms. The molecule has 9 heteroatoms. The summed E-state index contributed by atoms with van der Waals surface area (Å²) in [6.45, 7) is 4.26. The lowest BCUT2D eigenvalue weighted by molar-refractivity contribution is -0.141. The summed E-state index contributed by atoms with van der Waals surface area (Å²) < 4.78 is 25.9. The molecule has 1 unspecified atom stereocenters. The van der Waals surface area contributed by atoms with E-state index in [9.17, 15) is 18.0 Å². The molecular weight excluding hydrogens is 462 g/mol. The van der Waals surface area contributed by atoms with Crippen molar-refractivity contribution in [3.63, 3.8) is 0 Å². The van der Waals surface area contributed by atoms with Crippen molar-refractivity contribution in [2.45, 2.75) is 45.7 Å². The molecule has 0 saturated carbocycles. The van der Waals surface area contributed by atoms with Gasteiger partial charge in [-0.3, -0.25) is 13.9 Å². The van der Waals surface area contributed by atoms with Gasteiger partial charge in [-0.15, -0.1) is 0 Å². The summed E-state index contributed by atoms with van der Waals surface area (Å²) in [6.07, 6.45) is 1.99. The van der Waals surface area contributed by atoms with Gasteiger partial charge in [0.2, 0.25) is 21.8 Å². The first-order valence-electron chi connectivity index (χ1n) is 10.9. The van der Waals surface area contributed by atoms with Gasteiger partial charge in [0.05, 0.1) is 11.9 Å². The Labute approximate surface area is 201 Å². The molecule has 2 aromatic carbocycles. The molecule has 2 aromatic rings. The van der Waals surface area contributed by atoms with Crippen molar-refractivity contribution in [3.05, 3.63) is 64.7 Å². The van der Waals surface area contributed by atoms with E-state index < -0.39 is 16.1 Å². The van der Waals surface area contributed by atoms with E-state index in [4.69, 9.17) is 11.6 Å². The second kappa shape index (κ2) is 12.0. The maximum atomic E-state index is 13.2. The Hall–Kier alpha value is -2.58. The number of aryl methyl sites for hydroxylation is 1. The highest BCUT2D eigenvalue weighted by Crippen LogP contribution is 2.23. The molecule has 0 aliphatic heterocycles. The Balaban J connectivity index is 2.19. The highest BCUT2D eigenvalue weighted by atomic mass is 35.5. The lowest BCUT2D eigenvalue weighted by Crippen LogP contribution is -2.48. The SMILES string of the molecule is CCC(C(=O)NC)N(Cc1cccc(C)c1)C(=O)CCCN(c1cccc(Cl)c1)S(C)(=O)=O. The highest BCUT2D eigenvalue weighted by Gasteiger charge is 2.28. The average Bonchev–Trinajstić information content (AvgIpc) is 2.75. The number of hydrogen-bond acceptors (Lipinski definition) is 4. The molecule has 0 fully saturated rings. The molecule has 0 aliphatic carbocycles. The van der Waals surface area contributed by atoms with Crippen LogP contribution in [0, 0.1) is 6.92 Å². The van der Waals surface area contributed by atoms with E-state index in [2.05, 4.69) is 5.32 Å². The number of rotatable bonds is 11. The largest absolute Gasteiger partial charge is 0.357 e. The highest BCUT2D eigenvalue weighted by molar-refractivity contribution is 7.92. The predicted molar refractivity (Wildman–Crippen MR) is 133 cm³/mol. The van der Waals surface area contributed by atoms with Crippen LogP contribution in [0.5, 0.6) is 0 Å². The fourth-order valence-electron chi connectivity index (χ4n) is 3.73. The second-order valence-electron chi connectivity index (χ2n) is 7.97. The van der Waals surface area contributed by atoms with Crippen LogP contribution in [0.2, 0.25) is 5.02 Å². The van der Waals surface area contributed by atoms with Crippen molar-refractivity contribution in [2.24, 2.45) is 0 Å². The standard InChI is InChI=1S/C24H32ClN3O4S/c1-5-22(24(30)26-3)27(17-19-10-6-9-18(2)15-19)23(29)13-8-14-28(33(4,31)32)21-12-7-11-20(25)16-21/h6-7,9-12,15-16,22H,5,8,13-14,17H2,1-4H3,(H,26,30).